The molecule has 7 nitrogen and oxygen atoms in total. The van der Waals surface area contributed by atoms with Crippen LogP contribution in [0.1, 0.15) is 26.3 Å². The van der Waals surface area contributed by atoms with E-state index in [0.717, 1.165) is 11.6 Å². The minimum absolute atomic E-state index is 0.0557. The number of rotatable bonds is 5. The molecule has 1 aromatic heterocycles. The van der Waals surface area contributed by atoms with Gasteiger partial charge in [0.05, 0.1) is 12.1 Å². The molecule has 29 heavy (non-hydrogen) atoms. The lowest BCUT2D eigenvalue weighted by Gasteiger charge is -2.24. The number of anilines is 1. The Morgan fingerprint density at radius 2 is 1.69 bits per heavy atom. The van der Waals surface area contributed by atoms with Crippen molar-refractivity contribution in [2.24, 2.45) is 0 Å². The minimum atomic E-state index is -0.446. The predicted octanol–water partition coefficient (Wildman–Crippen LogP) is 3.04. The number of amides is 2. The molecular formula is C22H21N3O4. The summed E-state index contributed by atoms with van der Waals surface area (Å²) in [5, 5.41) is 19.6. The van der Waals surface area contributed by atoms with E-state index < -0.39 is 5.91 Å². The van der Waals surface area contributed by atoms with Crippen LogP contribution < -0.4 is 4.90 Å². The first-order chi connectivity index (χ1) is 13.9. The van der Waals surface area contributed by atoms with Crippen LogP contribution in [0.4, 0.5) is 5.69 Å². The summed E-state index contributed by atoms with van der Waals surface area (Å²) in [5.74, 6) is -1.04. The van der Waals surface area contributed by atoms with Gasteiger partial charge in [0.15, 0.2) is 0 Å². The Kier molecular flexibility index (Phi) is 5.78. The number of phenolic OH excluding ortho intramolecular Hbond substituents is 2. The maximum atomic E-state index is 13.2. The molecule has 0 bridgehead atoms. The van der Waals surface area contributed by atoms with E-state index >= 15 is 0 Å². The number of hydrogen-bond donors (Lipinski definition) is 2. The number of phenols is 2. The first-order valence-corrected chi connectivity index (χ1v) is 8.91. The van der Waals surface area contributed by atoms with Crippen molar-refractivity contribution >= 4 is 17.5 Å². The number of benzene rings is 2. The number of carbonyl (C=O) groups is 2. The molecule has 0 saturated heterocycles. The van der Waals surface area contributed by atoms with Gasteiger partial charge >= 0.3 is 0 Å². The molecule has 0 unspecified atom stereocenters. The molecule has 1 heterocycles. The first kappa shape index (κ1) is 19.9. The average molecular weight is 391 g/mol. The zero-order chi connectivity index (χ0) is 21.0. The normalized spacial score (nSPS) is 10.4. The number of pyridine rings is 1. The number of hydrogen-bond acceptors (Lipinski definition) is 5. The Morgan fingerprint density at radius 1 is 0.966 bits per heavy atom. The van der Waals surface area contributed by atoms with Crippen LogP contribution in [-0.4, -0.2) is 46.0 Å². The lowest BCUT2D eigenvalue weighted by molar-refractivity contribution is 0.0827. The topological polar surface area (TPSA) is 94.0 Å². The van der Waals surface area contributed by atoms with Gasteiger partial charge in [0, 0.05) is 43.8 Å². The molecule has 2 amide bonds. The first-order valence-electron chi connectivity index (χ1n) is 8.91. The number of aromatic nitrogens is 1. The molecule has 7 heteroatoms. The zero-order valence-corrected chi connectivity index (χ0v) is 16.1. The van der Waals surface area contributed by atoms with E-state index in [1.54, 1.807) is 56.8 Å². The van der Waals surface area contributed by atoms with Gasteiger partial charge in [-0.1, -0.05) is 6.07 Å². The Morgan fingerprint density at radius 3 is 2.28 bits per heavy atom. The van der Waals surface area contributed by atoms with E-state index in [4.69, 9.17) is 0 Å². The Balaban J connectivity index is 1.99. The van der Waals surface area contributed by atoms with E-state index in [-0.39, 0.29) is 29.5 Å². The van der Waals surface area contributed by atoms with Gasteiger partial charge in [-0.15, -0.1) is 0 Å². The third-order valence-corrected chi connectivity index (χ3v) is 4.35. The standard InChI is InChI=1S/C22H21N3O4/c1-24(2)21(28)16-5-7-17(8-6-16)25(14-15-4-3-11-23-13-15)22(29)19-10-9-18(26)12-20(19)27/h3-13,26-27H,14H2,1-2H3. The van der Waals surface area contributed by atoms with Gasteiger partial charge in [-0.05, 0) is 48.0 Å². The quantitative estimate of drug-likeness (QED) is 0.697. The molecule has 0 spiro atoms. The van der Waals surface area contributed by atoms with Crippen LogP contribution in [0.5, 0.6) is 11.5 Å². The van der Waals surface area contributed by atoms with Crippen molar-refractivity contribution in [1.82, 2.24) is 9.88 Å². The Labute approximate surface area is 168 Å². The summed E-state index contributed by atoms with van der Waals surface area (Å²) < 4.78 is 0. The molecule has 0 aliphatic heterocycles. The van der Waals surface area contributed by atoms with E-state index in [9.17, 15) is 19.8 Å². The van der Waals surface area contributed by atoms with Gasteiger partial charge in [-0.25, -0.2) is 0 Å². The van der Waals surface area contributed by atoms with Gasteiger partial charge in [-0.3, -0.25) is 14.6 Å². The highest BCUT2D eigenvalue weighted by molar-refractivity contribution is 6.08. The maximum absolute atomic E-state index is 13.2. The summed E-state index contributed by atoms with van der Waals surface area (Å²) >= 11 is 0. The fourth-order valence-corrected chi connectivity index (χ4v) is 2.84. The largest absolute Gasteiger partial charge is 0.508 e. The van der Waals surface area contributed by atoms with E-state index in [2.05, 4.69) is 4.98 Å². The van der Waals surface area contributed by atoms with Crippen LogP contribution in [0.25, 0.3) is 0 Å². The van der Waals surface area contributed by atoms with Crippen molar-refractivity contribution in [3.05, 3.63) is 83.7 Å². The van der Waals surface area contributed by atoms with Crippen molar-refractivity contribution in [2.75, 3.05) is 19.0 Å². The summed E-state index contributed by atoms with van der Waals surface area (Å²) in [5.41, 5.74) is 1.91. The predicted molar refractivity (Wildman–Crippen MR) is 109 cm³/mol. The number of nitrogens with zero attached hydrogens (tertiary/aromatic N) is 3. The lowest BCUT2D eigenvalue weighted by Crippen LogP contribution is -2.30. The number of aromatic hydroxyl groups is 2. The molecule has 0 aliphatic rings. The van der Waals surface area contributed by atoms with E-state index in [0.29, 0.717) is 11.3 Å². The maximum Gasteiger partial charge on any atom is 0.262 e. The average Bonchev–Trinajstić information content (AvgIpc) is 2.72. The highest BCUT2D eigenvalue weighted by Gasteiger charge is 2.22. The molecular weight excluding hydrogens is 370 g/mol. The molecule has 148 valence electrons. The third-order valence-electron chi connectivity index (χ3n) is 4.35. The third kappa shape index (κ3) is 4.52. The van der Waals surface area contributed by atoms with Gasteiger partial charge < -0.3 is 20.0 Å². The van der Waals surface area contributed by atoms with Gasteiger partial charge in [0.1, 0.15) is 11.5 Å². The molecule has 0 radical (unpaired) electrons. The molecule has 2 N–H and O–H groups in total. The second-order valence-corrected chi connectivity index (χ2v) is 6.70. The van der Waals surface area contributed by atoms with Gasteiger partial charge in [0.25, 0.3) is 11.8 Å². The van der Waals surface area contributed by atoms with Crippen LogP contribution in [0.3, 0.4) is 0 Å². The lowest BCUT2D eigenvalue weighted by atomic mass is 10.1. The smallest absolute Gasteiger partial charge is 0.262 e. The SMILES string of the molecule is CN(C)C(=O)c1ccc(N(Cc2cccnc2)C(=O)c2ccc(O)cc2O)cc1. The summed E-state index contributed by atoms with van der Waals surface area (Å²) in [7, 11) is 3.34. The van der Waals surface area contributed by atoms with E-state index in [1.165, 1.54) is 21.9 Å². The van der Waals surface area contributed by atoms with Crippen molar-refractivity contribution in [1.29, 1.82) is 0 Å². The summed E-state index contributed by atoms with van der Waals surface area (Å²) in [6.07, 6.45) is 3.30. The van der Waals surface area contributed by atoms with Crippen LogP contribution in [0.2, 0.25) is 0 Å². The van der Waals surface area contributed by atoms with E-state index in [1.807, 2.05) is 6.07 Å². The summed E-state index contributed by atoms with van der Waals surface area (Å²) in [6, 6.07) is 14.1. The van der Waals surface area contributed by atoms with Crippen molar-refractivity contribution in [2.45, 2.75) is 6.54 Å². The summed E-state index contributed by atoms with van der Waals surface area (Å²) in [4.78, 5) is 32.4. The van der Waals surface area contributed by atoms with Crippen LogP contribution in [-0.2, 0) is 6.54 Å². The molecule has 0 aliphatic carbocycles. The van der Waals surface area contributed by atoms with Crippen LogP contribution in [0.15, 0.2) is 67.0 Å². The molecule has 0 atom stereocenters. The Bertz CT molecular complexity index is 1020. The fourth-order valence-electron chi connectivity index (χ4n) is 2.84. The highest BCUT2D eigenvalue weighted by Crippen LogP contribution is 2.27. The molecule has 2 aromatic carbocycles. The molecule has 3 rings (SSSR count). The highest BCUT2D eigenvalue weighted by atomic mass is 16.3. The van der Waals surface area contributed by atoms with Gasteiger partial charge in [0.2, 0.25) is 0 Å². The fraction of sp³-hybridized carbons (Fsp3) is 0.136. The van der Waals surface area contributed by atoms with Gasteiger partial charge in [-0.2, -0.15) is 0 Å². The summed E-state index contributed by atoms with van der Waals surface area (Å²) in [6.45, 7) is 0.216. The zero-order valence-electron chi connectivity index (χ0n) is 16.1. The second-order valence-electron chi connectivity index (χ2n) is 6.70. The van der Waals surface area contributed by atoms with Crippen molar-refractivity contribution in [3.63, 3.8) is 0 Å². The molecule has 3 aromatic rings. The molecule has 0 saturated carbocycles. The van der Waals surface area contributed by atoms with Crippen LogP contribution in [0, 0.1) is 0 Å². The van der Waals surface area contributed by atoms with Crippen molar-refractivity contribution < 1.29 is 19.8 Å². The second kappa shape index (κ2) is 8.43. The Hall–Kier alpha value is -3.87. The minimum Gasteiger partial charge on any atom is -0.508 e. The van der Waals surface area contributed by atoms with Crippen molar-refractivity contribution in [3.8, 4) is 11.5 Å². The van der Waals surface area contributed by atoms with Crippen LogP contribution >= 0.6 is 0 Å². The monoisotopic (exact) mass is 391 g/mol. The number of carbonyl (C=O) groups excluding carboxylic acids is 2. The molecule has 0 fully saturated rings.